The zero-order chi connectivity index (χ0) is 29.7. The number of carbonyl (C=O) groups is 4. The number of hydrogen-bond acceptors (Lipinski definition) is 5. The second-order valence-corrected chi connectivity index (χ2v) is 11.2. The van der Waals surface area contributed by atoms with Crippen molar-refractivity contribution >= 4 is 29.5 Å². The molecule has 0 bridgehead atoms. The number of para-hydroxylation sites is 1. The number of amides is 4. The summed E-state index contributed by atoms with van der Waals surface area (Å²) in [5, 5.41) is 5.51. The summed E-state index contributed by atoms with van der Waals surface area (Å²) in [7, 11) is 0. The second-order valence-electron chi connectivity index (χ2n) is 11.2. The molecule has 0 saturated heterocycles. The van der Waals surface area contributed by atoms with Crippen LogP contribution in [-0.2, 0) is 19.1 Å². The number of alkyl carbamates (subject to hydrolysis) is 1. The van der Waals surface area contributed by atoms with Gasteiger partial charge in [-0.15, -0.1) is 0 Å². The summed E-state index contributed by atoms with van der Waals surface area (Å²) in [5.41, 5.74) is 9.62. The molecule has 2 rings (SSSR count). The van der Waals surface area contributed by atoms with Crippen LogP contribution >= 0.6 is 0 Å². The van der Waals surface area contributed by atoms with Crippen LogP contribution in [0.4, 0.5) is 10.5 Å². The number of nitrogens with zero attached hydrogens (tertiary/aromatic N) is 1. The summed E-state index contributed by atoms with van der Waals surface area (Å²) in [6, 6.07) is 8.40. The third-order valence-corrected chi connectivity index (χ3v) is 6.31. The molecule has 9 nitrogen and oxygen atoms in total. The van der Waals surface area contributed by atoms with Gasteiger partial charge in [0.2, 0.25) is 11.8 Å². The Morgan fingerprint density at radius 3 is 2.00 bits per heavy atom. The van der Waals surface area contributed by atoms with Gasteiger partial charge in [0.15, 0.2) is 0 Å². The molecule has 2 unspecified atom stereocenters. The van der Waals surface area contributed by atoms with Crippen molar-refractivity contribution in [1.82, 2.24) is 10.2 Å². The Morgan fingerprint density at radius 2 is 1.51 bits per heavy atom. The van der Waals surface area contributed by atoms with E-state index in [2.05, 4.69) is 10.6 Å². The first kappa shape index (κ1) is 31.3. The van der Waals surface area contributed by atoms with Crippen LogP contribution in [0, 0.1) is 27.7 Å². The Hall–Kier alpha value is -3.88. The third-order valence-electron chi connectivity index (χ3n) is 6.31. The van der Waals surface area contributed by atoms with Crippen molar-refractivity contribution in [3.63, 3.8) is 0 Å². The molecule has 9 heteroatoms. The van der Waals surface area contributed by atoms with Gasteiger partial charge >= 0.3 is 6.09 Å². The van der Waals surface area contributed by atoms with Gasteiger partial charge in [-0.1, -0.05) is 36.4 Å². The molecule has 0 aliphatic rings. The molecule has 212 valence electrons. The monoisotopic (exact) mass is 538 g/mol. The maximum absolute atomic E-state index is 14.0. The van der Waals surface area contributed by atoms with Crippen molar-refractivity contribution in [3.05, 3.63) is 64.2 Å². The number of aryl methyl sites for hydroxylation is 4. The lowest BCUT2D eigenvalue weighted by atomic mass is 9.96. The fourth-order valence-corrected chi connectivity index (χ4v) is 4.29. The SMILES string of the molecule is Cc1ccc(C(C(=O)Nc2c(C)cccc2C)N(C(=O)C(CC(N)=O)NC(=O)OC(C)(C)C)C(C)C)cc1C. The summed E-state index contributed by atoms with van der Waals surface area (Å²) in [5.74, 6) is -1.84. The quantitative estimate of drug-likeness (QED) is 0.429. The number of rotatable bonds is 9. The van der Waals surface area contributed by atoms with Crippen molar-refractivity contribution in [2.75, 3.05) is 5.32 Å². The highest BCUT2D eigenvalue weighted by molar-refractivity contribution is 6.00. The van der Waals surface area contributed by atoms with Gasteiger partial charge in [0.05, 0.1) is 6.42 Å². The van der Waals surface area contributed by atoms with E-state index in [9.17, 15) is 19.2 Å². The highest BCUT2D eigenvalue weighted by Gasteiger charge is 2.38. The molecule has 2 aromatic carbocycles. The fourth-order valence-electron chi connectivity index (χ4n) is 4.29. The fraction of sp³-hybridized carbons (Fsp3) is 0.467. The predicted molar refractivity (Wildman–Crippen MR) is 152 cm³/mol. The minimum Gasteiger partial charge on any atom is -0.444 e. The van der Waals surface area contributed by atoms with Gasteiger partial charge in [-0.05, 0) is 90.1 Å². The van der Waals surface area contributed by atoms with Gasteiger partial charge < -0.3 is 26.0 Å². The lowest BCUT2D eigenvalue weighted by molar-refractivity contribution is -0.143. The minimum atomic E-state index is -1.33. The van der Waals surface area contributed by atoms with Crippen molar-refractivity contribution < 1.29 is 23.9 Å². The first-order chi connectivity index (χ1) is 18.0. The maximum atomic E-state index is 14.0. The third kappa shape index (κ3) is 8.56. The molecule has 2 atom stereocenters. The molecule has 4 amide bonds. The summed E-state index contributed by atoms with van der Waals surface area (Å²) in [4.78, 5) is 54.0. The maximum Gasteiger partial charge on any atom is 0.408 e. The lowest BCUT2D eigenvalue weighted by Gasteiger charge is -2.37. The smallest absolute Gasteiger partial charge is 0.408 e. The number of carbonyl (C=O) groups excluding carboxylic acids is 4. The van der Waals surface area contributed by atoms with Crippen LogP contribution in [0.25, 0.3) is 0 Å². The van der Waals surface area contributed by atoms with Crippen LogP contribution in [-0.4, -0.2) is 46.4 Å². The van der Waals surface area contributed by atoms with E-state index < -0.39 is 54.0 Å². The van der Waals surface area contributed by atoms with Crippen LogP contribution in [0.1, 0.15) is 74.9 Å². The Balaban J connectivity index is 2.61. The molecular formula is C30H42N4O5. The molecule has 0 fully saturated rings. The molecule has 0 saturated carbocycles. The Morgan fingerprint density at radius 1 is 0.923 bits per heavy atom. The van der Waals surface area contributed by atoms with Gasteiger partial charge in [-0.2, -0.15) is 0 Å². The Labute approximate surface area is 231 Å². The van der Waals surface area contributed by atoms with Crippen LogP contribution < -0.4 is 16.4 Å². The number of ether oxygens (including phenoxy) is 1. The van der Waals surface area contributed by atoms with Crippen LogP contribution in [0.5, 0.6) is 0 Å². The molecule has 0 aliphatic carbocycles. The average molecular weight is 539 g/mol. The normalized spacial score (nSPS) is 12.9. The summed E-state index contributed by atoms with van der Waals surface area (Å²) >= 11 is 0. The molecule has 0 radical (unpaired) electrons. The Kier molecular flexibility index (Phi) is 10.3. The topological polar surface area (TPSA) is 131 Å². The Bertz CT molecular complexity index is 1210. The molecule has 0 aromatic heterocycles. The van der Waals surface area contributed by atoms with Crippen LogP contribution in [0.15, 0.2) is 36.4 Å². The number of nitrogens with one attached hydrogen (secondary N) is 2. The van der Waals surface area contributed by atoms with Gasteiger partial charge in [-0.25, -0.2) is 4.79 Å². The molecule has 0 spiro atoms. The lowest BCUT2D eigenvalue weighted by Crippen LogP contribution is -2.55. The van der Waals surface area contributed by atoms with E-state index in [1.165, 1.54) is 4.90 Å². The van der Waals surface area contributed by atoms with Crippen molar-refractivity contribution in [3.8, 4) is 0 Å². The largest absolute Gasteiger partial charge is 0.444 e. The number of nitrogens with two attached hydrogens (primary N) is 1. The van der Waals surface area contributed by atoms with E-state index in [4.69, 9.17) is 10.5 Å². The number of primary amides is 1. The van der Waals surface area contributed by atoms with Crippen molar-refractivity contribution in [2.45, 2.75) is 92.5 Å². The van der Waals surface area contributed by atoms with E-state index in [0.717, 1.165) is 22.3 Å². The van der Waals surface area contributed by atoms with Gasteiger partial charge in [0.1, 0.15) is 17.7 Å². The zero-order valence-electron chi connectivity index (χ0n) is 24.5. The summed E-state index contributed by atoms with van der Waals surface area (Å²) in [6.45, 7) is 16.3. The molecular weight excluding hydrogens is 496 g/mol. The zero-order valence-corrected chi connectivity index (χ0v) is 24.5. The van der Waals surface area contributed by atoms with E-state index in [1.54, 1.807) is 34.6 Å². The van der Waals surface area contributed by atoms with Gasteiger partial charge in [0.25, 0.3) is 5.91 Å². The first-order valence-electron chi connectivity index (χ1n) is 13.1. The minimum absolute atomic E-state index is 0.423. The molecule has 4 N–H and O–H groups in total. The molecule has 2 aromatic rings. The van der Waals surface area contributed by atoms with E-state index >= 15 is 0 Å². The van der Waals surface area contributed by atoms with E-state index in [1.807, 2.05) is 64.1 Å². The summed E-state index contributed by atoms with van der Waals surface area (Å²) < 4.78 is 5.31. The average Bonchev–Trinajstić information content (AvgIpc) is 2.79. The van der Waals surface area contributed by atoms with Gasteiger partial charge in [-0.3, -0.25) is 14.4 Å². The van der Waals surface area contributed by atoms with E-state index in [-0.39, 0.29) is 0 Å². The predicted octanol–water partition coefficient (Wildman–Crippen LogP) is 4.61. The number of hydrogen-bond donors (Lipinski definition) is 3. The number of benzene rings is 2. The highest BCUT2D eigenvalue weighted by Crippen LogP contribution is 2.30. The molecule has 0 heterocycles. The molecule has 0 aliphatic heterocycles. The standard InChI is InChI=1S/C30H42N4O5/c1-17(2)34(28(37)23(16-24(31)35)32-29(38)39-30(7,8)9)26(22-14-13-18(3)21(6)15-22)27(36)33-25-19(4)11-10-12-20(25)5/h10-15,17,23,26H,16H2,1-9H3,(H2,31,35)(H,32,38)(H,33,36). The van der Waals surface area contributed by atoms with Crippen molar-refractivity contribution in [1.29, 1.82) is 0 Å². The van der Waals surface area contributed by atoms with Crippen LogP contribution in [0.2, 0.25) is 0 Å². The van der Waals surface area contributed by atoms with Crippen molar-refractivity contribution in [2.24, 2.45) is 5.73 Å². The highest BCUT2D eigenvalue weighted by atomic mass is 16.6. The van der Waals surface area contributed by atoms with Crippen LogP contribution in [0.3, 0.4) is 0 Å². The second kappa shape index (κ2) is 12.8. The number of anilines is 1. The summed E-state index contributed by atoms with van der Waals surface area (Å²) in [6.07, 6.45) is -1.33. The van der Waals surface area contributed by atoms with Gasteiger partial charge in [0, 0.05) is 11.7 Å². The van der Waals surface area contributed by atoms with E-state index in [0.29, 0.717) is 11.3 Å². The molecule has 39 heavy (non-hydrogen) atoms. The first-order valence-corrected chi connectivity index (χ1v) is 13.1.